The Morgan fingerprint density at radius 2 is 1.89 bits per heavy atom. The molecular formula is C15H13FN2O. The second-order valence-corrected chi connectivity index (χ2v) is 4.39. The van der Waals surface area contributed by atoms with E-state index in [4.69, 9.17) is 0 Å². The van der Waals surface area contributed by atoms with Gasteiger partial charge in [0.1, 0.15) is 18.2 Å². The zero-order valence-corrected chi connectivity index (χ0v) is 10.3. The Morgan fingerprint density at radius 3 is 2.63 bits per heavy atom. The number of benzene rings is 2. The van der Waals surface area contributed by atoms with Crippen LogP contribution in [0.5, 0.6) is 0 Å². The molecule has 0 aliphatic rings. The highest BCUT2D eigenvalue weighted by Gasteiger charge is 2.10. The first-order valence-electron chi connectivity index (χ1n) is 6.07. The molecule has 0 fully saturated rings. The van der Waals surface area contributed by atoms with Gasteiger partial charge in [0.2, 0.25) is 0 Å². The van der Waals surface area contributed by atoms with Crippen LogP contribution in [0.15, 0.2) is 48.5 Å². The number of aromatic nitrogens is 2. The molecule has 0 spiro atoms. The minimum atomic E-state index is -0.318. The molecule has 0 aliphatic carbocycles. The normalized spacial score (nSPS) is 11.1. The first kappa shape index (κ1) is 11.9. The maximum atomic E-state index is 13.2. The highest BCUT2D eigenvalue weighted by atomic mass is 19.1. The van der Waals surface area contributed by atoms with Crippen molar-refractivity contribution >= 4 is 11.0 Å². The van der Waals surface area contributed by atoms with Gasteiger partial charge >= 0.3 is 0 Å². The van der Waals surface area contributed by atoms with Crippen molar-refractivity contribution in [3.63, 3.8) is 0 Å². The lowest BCUT2D eigenvalue weighted by Crippen LogP contribution is -2.04. The third-order valence-electron chi connectivity index (χ3n) is 3.11. The second-order valence-electron chi connectivity index (χ2n) is 4.39. The number of rotatable bonds is 3. The molecule has 96 valence electrons. The van der Waals surface area contributed by atoms with E-state index in [1.165, 1.54) is 12.1 Å². The molecule has 3 rings (SSSR count). The minimum Gasteiger partial charge on any atom is -0.388 e. The van der Waals surface area contributed by atoms with E-state index < -0.39 is 0 Å². The van der Waals surface area contributed by atoms with E-state index in [9.17, 15) is 9.50 Å². The molecule has 3 nitrogen and oxygen atoms in total. The molecule has 2 aromatic carbocycles. The quantitative estimate of drug-likeness (QED) is 0.782. The lowest BCUT2D eigenvalue weighted by atomic mass is 10.2. The summed E-state index contributed by atoms with van der Waals surface area (Å²) >= 11 is 0. The number of aliphatic hydroxyl groups is 1. The van der Waals surface area contributed by atoms with Crippen molar-refractivity contribution in [3.8, 4) is 0 Å². The molecule has 1 aromatic heterocycles. The molecule has 0 amide bonds. The van der Waals surface area contributed by atoms with Crippen LogP contribution in [0.2, 0.25) is 0 Å². The Bertz CT molecular complexity index is 707. The van der Waals surface area contributed by atoms with Crippen LogP contribution >= 0.6 is 0 Å². The Labute approximate surface area is 109 Å². The van der Waals surface area contributed by atoms with Gasteiger partial charge in [-0.3, -0.25) is 0 Å². The van der Waals surface area contributed by atoms with Crippen molar-refractivity contribution in [2.75, 3.05) is 0 Å². The van der Waals surface area contributed by atoms with E-state index in [0.717, 1.165) is 11.1 Å². The number of hydrogen-bond acceptors (Lipinski definition) is 2. The lowest BCUT2D eigenvalue weighted by Gasteiger charge is -2.07. The van der Waals surface area contributed by atoms with E-state index in [1.54, 1.807) is 6.07 Å². The molecule has 3 aromatic rings. The van der Waals surface area contributed by atoms with E-state index in [-0.39, 0.29) is 12.4 Å². The zero-order chi connectivity index (χ0) is 13.2. The molecule has 0 aliphatic heterocycles. The highest BCUT2D eigenvalue weighted by Crippen LogP contribution is 2.19. The molecule has 0 radical (unpaired) electrons. The van der Waals surface area contributed by atoms with Gasteiger partial charge in [0.05, 0.1) is 11.0 Å². The molecule has 0 unspecified atom stereocenters. The number of fused-ring (bicyclic) bond motifs is 1. The summed E-state index contributed by atoms with van der Waals surface area (Å²) < 4.78 is 15.1. The molecule has 0 saturated heterocycles. The summed E-state index contributed by atoms with van der Waals surface area (Å²) in [5.41, 5.74) is 2.51. The van der Waals surface area contributed by atoms with Crippen molar-refractivity contribution in [3.05, 3.63) is 65.7 Å². The summed E-state index contributed by atoms with van der Waals surface area (Å²) in [5, 5.41) is 9.39. The molecule has 1 N–H and O–H groups in total. The predicted molar refractivity (Wildman–Crippen MR) is 71.2 cm³/mol. The van der Waals surface area contributed by atoms with Crippen molar-refractivity contribution in [2.45, 2.75) is 13.2 Å². The molecule has 0 bridgehead atoms. The van der Waals surface area contributed by atoms with Crippen LogP contribution in [0.1, 0.15) is 11.4 Å². The van der Waals surface area contributed by atoms with Gasteiger partial charge in [-0.05, 0) is 17.7 Å². The summed E-state index contributed by atoms with van der Waals surface area (Å²) in [5.74, 6) is 0.228. The van der Waals surface area contributed by atoms with Gasteiger partial charge in [0, 0.05) is 12.6 Å². The monoisotopic (exact) mass is 256 g/mol. The standard InChI is InChI=1S/C15H13FN2O/c16-12-6-7-14-13(8-12)17-15(10-19)18(14)9-11-4-2-1-3-5-11/h1-8,19H,9-10H2. The van der Waals surface area contributed by atoms with Crippen LogP contribution in [-0.2, 0) is 13.2 Å². The smallest absolute Gasteiger partial charge is 0.136 e. The topological polar surface area (TPSA) is 38.1 Å². The number of nitrogens with zero attached hydrogens (tertiary/aromatic N) is 2. The number of halogens is 1. The zero-order valence-electron chi connectivity index (χ0n) is 10.3. The molecule has 4 heteroatoms. The molecule has 0 saturated carbocycles. The fraction of sp³-hybridized carbons (Fsp3) is 0.133. The van der Waals surface area contributed by atoms with Gasteiger partial charge in [-0.25, -0.2) is 9.37 Å². The molecule has 1 heterocycles. The first-order chi connectivity index (χ1) is 9.28. The number of hydrogen-bond donors (Lipinski definition) is 1. The predicted octanol–water partition coefficient (Wildman–Crippen LogP) is 2.72. The van der Waals surface area contributed by atoms with Gasteiger partial charge in [-0.15, -0.1) is 0 Å². The Balaban J connectivity index is 2.11. The summed E-state index contributed by atoms with van der Waals surface area (Å²) in [6, 6.07) is 14.4. The average Bonchev–Trinajstić information content (AvgIpc) is 2.77. The Hall–Kier alpha value is -2.20. The summed E-state index contributed by atoms with van der Waals surface area (Å²) in [6.45, 7) is 0.446. The van der Waals surface area contributed by atoms with E-state index in [0.29, 0.717) is 17.9 Å². The van der Waals surface area contributed by atoms with Crippen molar-refractivity contribution in [2.24, 2.45) is 0 Å². The van der Waals surface area contributed by atoms with E-state index >= 15 is 0 Å². The van der Waals surface area contributed by atoms with E-state index in [2.05, 4.69) is 4.98 Å². The largest absolute Gasteiger partial charge is 0.388 e. The van der Waals surface area contributed by atoms with Gasteiger partial charge in [0.25, 0.3) is 0 Å². The number of aliphatic hydroxyl groups excluding tert-OH is 1. The summed E-state index contributed by atoms with van der Waals surface area (Å²) in [7, 11) is 0. The third kappa shape index (κ3) is 2.22. The highest BCUT2D eigenvalue weighted by molar-refractivity contribution is 5.76. The molecular weight excluding hydrogens is 243 g/mol. The van der Waals surface area contributed by atoms with Crippen molar-refractivity contribution in [1.82, 2.24) is 9.55 Å². The second kappa shape index (κ2) is 4.82. The van der Waals surface area contributed by atoms with Crippen LogP contribution in [0.4, 0.5) is 4.39 Å². The fourth-order valence-corrected chi connectivity index (χ4v) is 2.22. The van der Waals surface area contributed by atoms with E-state index in [1.807, 2.05) is 34.9 Å². The average molecular weight is 256 g/mol. The van der Waals surface area contributed by atoms with Crippen LogP contribution in [0.25, 0.3) is 11.0 Å². The van der Waals surface area contributed by atoms with Gasteiger partial charge in [-0.2, -0.15) is 0 Å². The Morgan fingerprint density at radius 1 is 1.11 bits per heavy atom. The number of imidazole rings is 1. The SMILES string of the molecule is OCc1nc2cc(F)ccc2n1Cc1ccccc1. The summed E-state index contributed by atoms with van der Waals surface area (Å²) in [6.07, 6.45) is 0. The third-order valence-corrected chi connectivity index (χ3v) is 3.11. The first-order valence-corrected chi connectivity index (χ1v) is 6.07. The maximum absolute atomic E-state index is 13.2. The lowest BCUT2D eigenvalue weighted by molar-refractivity contribution is 0.267. The van der Waals surface area contributed by atoms with Gasteiger partial charge < -0.3 is 9.67 Å². The maximum Gasteiger partial charge on any atom is 0.136 e. The van der Waals surface area contributed by atoms with Crippen molar-refractivity contribution < 1.29 is 9.50 Å². The minimum absolute atomic E-state index is 0.164. The molecule has 0 atom stereocenters. The van der Waals surface area contributed by atoms with Crippen LogP contribution in [0.3, 0.4) is 0 Å². The summed E-state index contributed by atoms with van der Waals surface area (Å²) in [4.78, 5) is 4.26. The van der Waals surface area contributed by atoms with Gasteiger partial charge in [0.15, 0.2) is 0 Å². The molecule has 19 heavy (non-hydrogen) atoms. The Kier molecular flexibility index (Phi) is 3.01. The fourth-order valence-electron chi connectivity index (χ4n) is 2.22. The van der Waals surface area contributed by atoms with Crippen LogP contribution < -0.4 is 0 Å². The van der Waals surface area contributed by atoms with Crippen LogP contribution in [0, 0.1) is 5.82 Å². The van der Waals surface area contributed by atoms with Crippen LogP contribution in [-0.4, -0.2) is 14.7 Å². The van der Waals surface area contributed by atoms with Gasteiger partial charge in [-0.1, -0.05) is 30.3 Å². The van der Waals surface area contributed by atoms with Crippen molar-refractivity contribution in [1.29, 1.82) is 0 Å².